The average Bonchev–Trinajstić information content (AvgIpc) is 2.99. The number of rotatable bonds is 4. The van der Waals surface area contributed by atoms with Crippen molar-refractivity contribution in [2.75, 3.05) is 5.32 Å². The number of nitrogens with one attached hydrogen (secondary N) is 2. The van der Waals surface area contributed by atoms with Crippen molar-refractivity contribution in [3.05, 3.63) is 80.1 Å². The molecule has 0 saturated heterocycles. The molecule has 0 aliphatic carbocycles. The molecule has 0 unspecified atom stereocenters. The first-order valence-corrected chi connectivity index (χ1v) is 8.61. The summed E-state index contributed by atoms with van der Waals surface area (Å²) in [6.45, 7) is 0. The number of hydrogen-bond donors (Lipinski definition) is 2. The number of hydrogen-bond acceptors (Lipinski definition) is 2. The summed E-state index contributed by atoms with van der Waals surface area (Å²) in [6.07, 6.45) is 2.02. The van der Waals surface area contributed by atoms with Crippen molar-refractivity contribution in [1.82, 2.24) is 9.97 Å². The molecule has 1 amide bonds. The summed E-state index contributed by atoms with van der Waals surface area (Å²) < 4.78 is 0.916. The minimum Gasteiger partial charge on any atom is -0.328 e. The van der Waals surface area contributed by atoms with Crippen LogP contribution in [-0.2, 0) is 6.42 Å². The molecule has 2 aromatic carbocycles. The van der Waals surface area contributed by atoms with Gasteiger partial charge >= 0.3 is 0 Å². The van der Waals surface area contributed by atoms with Gasteiger partial charge in [0, 0.05) is 26.5 Å². The number of halogens is 3. The van der Waals surface area contributed by atoms with E-state index >= 15 is 0 Å². The average molecular weight is 425 g/mol. The van der Waals surface area contributed by atoms with Crippen LogP contribution in [0, 0.1) is 0 Å². The molecule has 7 heteroatoms. The number of amides is 1. The van der Waals surface area contributed by atoms with Crippen molar-refractivity contribution in [3.63, 3.8) is 0 Å². The zero-order chi connectivity index (χ0) is 17.1. The number of imidazole rings is 1. The van der Waals surface area contributed by atoms with E-state index in [0.717, 1.165) is 10.0 Å². The number of aromatic nitrogens is 2. The number of carbonyl (C=O) groups is 1. The Kier molecular flexibility index (Phi) is 5.23. The van der Waals surface area contributed by atoms with Gasteiger partial charge in [0.1, 0.15) is 11.6 Å². The lowest BCUT2D eigenvalue weighted by Crippen LogP contribution is -2.12. The molecule has 4 nitrogen and oxygen atoms in total. The Morgan fingerprint density at radius 3 is 2.46 bits per heavy atom. The highest BCUT2D eigenvalue weighted by Crippen LogP contribution is 2.26. The molecule has 3 aromatic rings. The maximum Gasteiger partial charge on any atom is 0.256 e. The maximum absolute atomic E-state index is 12.2. The molecule has 0 radical (unpaired) electrons. The Balaban J connectivity index is 1.71. The predicted molar refractivity (Wildman–Crippen MR) is 100.0 cm³/mol. The molecule has 0 aliphatic rings. The smallest absolute Gasteiger partial charge is 0.256 e. The van der Waals surface area contributed by atoms with E-state index in [-0.39, 0.29) is 5.91 Å². The Labute approximate surface area is 157 Å². The number of H-pyrrole nitrogens is 1. The molecule has 0 saturated carbocycles. The van der Waals surface area contributed by atoms with E-state index < -0.39 is 0 Å². The van der Waals surface area contributed by atoms with Crippen LogP contribution < -0.4 is 5.32 Å². The monoisotopic (exact) mass is 423 g/mol. The molecular formula is C17H12BrCl2N3O. The number of carbonyl (C=O) groups excluding carboxylic acids is 1. The van der Waals surface area contributed by atoms with Crippen LogP contribution in [0.4, 0.5) is 5.82 Å². The van der Waals surface area contributed by atoms with Gasteiger partial charge in [-0.25, -0.2) is 4.98 Å². The van der Waals surface area contributed by atoms with E-state index in [1.54, 1.807) is 36.5 Å². The van der Waals surface area contributed by atoms with Gasteiger partial charge < -0.3 is 10.3 Å². The molecule has 1 aromatic heterocycles. The second-order valence-electron chi connectivity index (χ2n) is 5.08. The van der Waals surface area contributed by atoms with Crippen LogP contribution in [0.5, 0.6) is 0 Å². The summed E-state index contributed by atoms with van der Waals surface area (Å²) in [5.74, 6) is 0.964. The minimum absolute atomic E-state index is 0.214. The van der Waals surface area contributed by atoms with E-state index in [4.69, 9.17) is 23.2 Å². The van der Waals surface area contributed by atoms with Crippen LogP contribution in [0.2, 0.25) is 10.0 Å². The summed E-state index contributed by atoms with van der Waals surface area (Å²) >= 11 is 15.7. The van der Waals surface area contributed by atoms with Gasteiger partial charge in [0.05, 0.1) is 6.20 Å². The fourth-order valence-electron chi connectivity index (χ4n) is 2.18. The van der Waals surface area contributed by atoms with Gasteiger partial charge in [-0.2, -0.15) is 0 Å². The number of nitrogens with zero attached hydrogens (tertiary/aromatic N) is 1. The molecule has 2 N–H and O–H groups in total. The van der Waals surface area contributed by atoms with E-state index in [1.807, 2.05) is 12.1 Å². The van der Waals surface area contributed by atoms with Crippen LogP contribution in [-0.4, -0.2) is 15.9 Å². The summed E-state index contributed by atoms with van der Waals surface area (Å²) in [5, 5.41) is 3.94. The Hall–Kier alpha value is -1.82. The highest BCUT2D eigenvalue weighted by molar-refractivity contribution is 9.10. The van der Waals surface area contributed by atoms with Gasteiger partial charge in [-0.05, 0) is 42.0 Å². The third kappa shape index (κ3) is 3.98. The summed E-state index contributed by atoms with van der Waals surface area (Å²) in [5.41, 5.74) is 1.35. The lowest BCUT2D eigenvalue weighted by Gasteiger charge is -2.05. The maximum atomic E-state index is 12.2. The molecule has 3 rings (SSSR count). The Bertz CT molecular complexity index is 858. The van der Waals surface area contributed by atoms with Gasteiger partial charge in [0.2, 0.25) is 0 Å². The van der Waals surface area contributed by atoms with Crippen molar-refractivity contribution in [2.45, 2.75) is 6.42 Å². The predicted octanol–water partition coefficient (Wildman–Crippen LogP) is 5.32. The highest BCUT2D eigenvalue weighted by Gasteiger charge is 2.11. The Morgan fingerprint density at radius 2 is 1.79 bits per heavy atom. The van der Waals surface area contributed by atoms with Crippen LogP contribution >= 0.6 is 39.1 Å². The standard InChI is InChI=1S/C17H12BrCl2N3O/c18-11-6-4-10(5-7-11)17(24)23-16-9-21-15(22-16)8-12-13(19)2-1-3-14(12)20/h1-7,9H,8H2,(H,21,22)(H,23,24). The largest absolute Gasteiger partial charge is 0.328 e. The zero-order valence-corrected chi connectivity index (χ0v) is 15.4. The topological polar surface area (TPSA) is 57.8 Å². The first kappa shape index (κ1) is 17.0. The fourth-order valence-corrected chi connectivity index (χ4v) is 2.98. The second kappa shape index (κ2) is 7.38. The molecule has 0 aliphatic heterocycles. The molecule has 0 atom stereocenters. The third-order valence-electron chi connectivity index (χ3n) is 3.39. The Morgan fingerprint density at radius 1 is 1.12 bits per heavy atom. The van der Waals surface area contributed by atoms with Crippen molar-refractivity contribution >= 4 is 50.9 Å². The SMILES string of the molecule is O=C(Nc1cnc(Cc2c(Cl)cccc2Cl)[nH]1)c1ccc(Br)cc1. The first-order valence-electron chi connectivity index (χ1n) is 7.06. The van der Waals surface area contributed by atoms with Crippen LogP contribution in [0.1, 0.15) is 21.7 Å². The second-order valence-corrected chi connectivity index (χ2v) is 6.81. The van der Waals surface area contributed by atoms with Crippen molar-refractivity contribution in [2.24, 2.45) is 0 Å². The molecule has 0 bridgehead atoms. The number of anilines is 1. The molecule has 1 heterocycles. The zero-order valence-electron chi connectivity index (χ0n) is 12.3. The molecule has 0 spiro atoms. The summed E-state index contributed by atoms with van der Waals surface area (Å²) in [4.78, 5) is 19.5. The fraction of sp³-hybridized carbons (Fsp3) is 0.0588. The normalized spacial score (nSPS) is 10.6. The lowest BCUT2D eigenvalue weighted by molar-refractivity contribution is 0.102. The van der Waals surface area contributed by atoms with Crippen LogP contribution in [0.3, 0.4) is 0 Å². The summed E-state index contributed by atoms with van der Waals surface area (Å²) in [6, 6.07) is 12.4. The van der Waals surface area contributed by atoms with Crippen molar-refractivity contribution < 1.29 is 4.79 Å². The molecule has 122 valence electrons. The highest BCUT2D eigenvalue weighted by atomic mass is 79.9. The van der Waals surface area contributed by atoms with E-state index in [0.29, 0.717) is 33.7 Å². The van der Waals surface area contributed by atoms with Crippen molar-refractivity contribution in [3.8, 4) is 0 Å². The van der Waals surface area contributed by atoms with Crippen molar-refractivity contribution in [1.29, 1.82) is 0 Å². The van der Waals surface area contributed by atoms with E-state index in [2.05, 4.69) is 31.2 Å². The van der Waals surface area contributed by atoms with Gasteiger partial charge in [-0.15, -0.1) is 0 Å². The van der Waals surface area contributed by atoms with Gasteiger partial charge in [-0.1, -0.05) is 45.2 Å². The first-order chi connectivity index (χ1) is 11.5. The van der Waals surface area contributed by atoms with Gasteiger partial charge in [0.15, 0.2) is 0 Å². The minimum atomic E-state index is -0.214. The van der Waals surface area contributed by atoms with Crippen LogP contribution in [0.25, 0.3) is 0 Å². The summed E-state index contributed by atoms with van der Waals surface area (Å²) in [7, 11) is 0. The van der Waals surface area contributed by atoms with Gasteiger partial charge in [-0.3, -0.25) is 4.79 Å². The van der Waals surface area contributed by atoms with Gasteiger partial charge in [0.25, 0.3) is 5.91 Å². The third-order valence-corrected chi connectivity index (χ3v) is 4.63. The number of aromatic amines is 1. The molecular weight excluding hydrogens is 413 g/mol. The van der Waals surface area contributed by atoms with E-state index in [9.17, 15) is 4.79 Å². The van der Waals surface area contributed by atoms with Crippen LogP contribution in [0.15, 0.2) is 53.1 Å². The quantitative estimate of drug-likeness (QED) is 0.595. The lowest BCUT2D eigenvalue weighted by atomic mass is 10.1. The molecule has 24 heavy (non-hydrogen) atoms. The molecule has 0 fully saturated rings. The van der Waals surface area contributed by atoms with E-state index in [1.165, 1.54) is 0 Å². The number of benzene rings is 2.